The molecule has 232 valence electrons. The number of ether oxygens (including phenoxy) is 1. The summed E-state index contributed by atoms with van der Waals surface area (Å²) in [6.45, 7) is 6.78. The first-order valence-electron chi connectivity index (χ1n) is 14.7. The second kappa shape index (κ2) is 17.3. The Balaban J connectivity index is 1.28. The Morgan fingerprint density at radius 1 is 1.00 bits per heavy atom. The third-order valence-corrected chi connectivity index (χ3v) is 6.59. The Labute approximate surface area is 256 Å². The van der Waals surface area contributed by atoms with Crippen molar-refractivity contribution in [2.45, 2.75) is 19.8 Å². The molecule has 0 saturated carbocycles. The topological polar surface area (TPSA) is 162 Å². The van der Waals surface area contributed by atoms with Crippen molar-refractivity contribution >= 4 is 40.9 Å². The molecule has 5 N–H and O–H groups in total. The quantitative estimate of drug-likeness (QED) is 0.164. The van der Waals surface area contributed by atoms with Crippen molar-refractivity contribution in [3.05, 3.63) is 78.3 Å². The normalized spacial score (nSPS) is 13.3. The first-order chi connectivity index (χ1) is 21.5. The highest BCUT2D eigenvalue weighted by atomic mass is 16.5. The zero-order chi connectivity index (χ0) is 31.0. The minimum atomic E-state index is -0.397. The van der Waals surface area contributed by atoms with E-state index in [0.717, 1.165) is 31.5 Å². The number of amides is 3. The molecule has 0 atom stereocenters. The van der Waals surface area contributed by atoms with Crippen LogP contribution in [0.3, 0.4) is 0 Å². The Kier molecular flexibility index (Phi) is 12.6. The van der Waals surface area contributed by atoms with Crippen molar-refractivity contribution in [3.63, 3.8) is 0 Å². The monoisotopic (exact) mass is 601 g/mol. The van der Waals surface area contributed by atoms with Crippen molar-refractivity contribution in [1.29, 1.82) is 0 Å². The lowest BCUT2D eigenvalue weighted by Gasteiger charge is -2.24. The fourth-order valence-electron chi connectivity index (χ4n) is 4.28. The third-order valence-electron chi connectivity index (χ3n) is 6.59. The first kappa shape index (κ1) is 32.0. The Morgan fingerprint density at radius 3 is 2.55 bits per heavy atom. The number of anilines is 4. The molecular formula is C31H39N9O4. The summed E-state index contributed by atoms with van der Waals surface area (Å²) in [5.41, 5.74) is 2.38. The summed E-state index contributed by atoms with van der Waals surface area (Å²) in [7, 11) is 0. The third kappa shape index (κ3) is 10.7. The van der Waals surface area contributed by atoms with Gasteiger partial charge in [-0.05, 0) is 48.7 Å². The Bertz CT molecular complexity index is 1410. The molecule has 0 unspecified atom stereocenters. The molecule has 44 heavy (non-hydrogen) atoms. The van der Waals surface area contributed by atoms with Crippen LogP contribution < -0.4 is 26.6 Å². The maximum atomic E-state index is 13.2. The summed E-state index contributed by atoms with van der Waals surface area (Å²) in [5, 5.41) is 14.6. The molecule has 13 heteroatoms. The van der Waals surface area contributed by atoms with E-state index in [-0.39, 0.29) is 18.0 Å². The lowest BCUT2D eigenvalue weighted by molar-refractivity contribution is -0.121. The highest BCUT2D eigenvalue weighted by molar-refractivity contribution is 6.07. The fraction of sp³-hybridized carbons (Fsp3) is 0.355. The largest absolute Gasteiger partial charge is 0.379 e. The maximum Gasteiger partial charge on any atom is 0.260 e. The van der Waals surface area contributed by atoms with Crippen LogP contribution in [-0.4, -0.2) is 90.1 Å². The summed E-state index contributed by atoms with van der Waals surface area (Å²) in [5.74, 6) is -0.302. The molecule has 0 bridgehead atoms. The van der Waals surface area contributed by atoms with Crippen LogP contribution in [0.2, 0.25) is 0 Å². The number of pyridine rings is 1. The highest BCUT2D eigenvalue weighted by Gasteiger charge is 2.16. The van der Waals surface area contributed by atoms with Gasteiger partial charge in [-0.3, -0.25) is 24.3 Å². The van der Waals surface area contributed by atoms with Crippen LogP contribution in [0.5, 0.6) is 0 Å². The van der Waals surface area contributed by atoms with Gasteiger partial charge >= 0.3 is 0 Å². The van der Waals surface area contributed by atoms with Gasteiger partial charge in [0, 0.05) is 68.8 Å². The molecule has 4 rings (SSSR count). The number of morpholine rings is 1. The van der Waals surface area contributed by atoms with Crippen LogP contribution in [0.15, 0.2) is 67.1 Å². The van der Waals surface area contributed by atoms with E-state index in [9.17, 15) is 14.4 Å². The van der Waals surface area contributed by atoms with Gasteiger partial charge in [-0.2, -0.15) is 4.98 Å². The van der Waals surface area contributed by atoms with Crippen LogP contribution in [-0.2, 0) is 20.7 Å². The number of hydrogen-bond acceptors (Lipinski definition) is 10. The van der Waals surface area contributed by atoms with Crippen molar-refractivity contribution in [2.75, 3.05) is 73.7 Å². The van der Waals surface area contributed by atoms with Crippen LogP contribution >= 0.6 is 0 Å². The molecule has 0 radical (unpaired) electrons. The SMILES string of the molecule is CCCNc1nc(NCCc2ccncc2)ncc1C(=O)Nc1cccc(NC(=O)CNC(=O)/C=C/CN2CCOCC2)c1. The van der Waals surface area contributed by atoms with Gasteiger partial charge in [0.05, 0.1) is 19.8 Å². The van der Waals surface area contributed by atoms with E-state index < -0.39 is 11.8 Å². The van der Waals surface area contributed by atoms with E-state index in [1.165, 1.54) is 12.3 Å². The lowest BCUT2D eigenvalue weighted by atomic mass is 10.2. The predicted octanol–water partition coefficient (Wildman–Crippen LogP) is 2.54. The Hall–Kier alpha value is -4.88. The number of nitrogens with zero attached hydrogens (tertiary/aromatic N) is 4. The van der Waals surface area contributed by atoms with Crippen molar-refractivity contribution < 1.29 is 19.1 Å². The molecule has 3 aromatic rings. The van der Waals surface area contributed by atoms with Gasteiger partial charge < -0.3 is 31.3 Å². The van der Waals surface area contributed by atoms with E-state index in [4.69, 9.17) is 4.74 Å². The van der Waals surface area contributed by atoms with Gasteiger partial charge in [-0.25, -0.2) is 4.98 Å². The molecule has 3 amide bonds. The minimum Gasteiger partial charge on any atom is -0.379 e. The van der Waals surface area contributed by atoms with Crippen LogP contribution in [0, 0.1) is 0 Å². The zero-order valence-corrected chi connectivity index (χ0v) is 24.8. The number of carbonyl (C=O) groups is 3. The van der Waals surface area contributed by atoms with Crippen LogP contribution in [0.25, 0.3) is 0 Å². The summed E-state index contributed by atoms with van der Waals surface area (Å²) in [4.78, 5) is 52.8. The van der Waals surface area contributed by atoms with Gasteiger partial charge in [-0.15, -0.1) is 0 Å². The molecule has 1 aromatic carbocycles. The molecule has 0 aliphatic carbocycles. The van der Waals surface area contributed by atoms with E-state index in [2.05, 4.69) is 46.4 Å². The minimum absolute atomic E-state index is 0.190. The molecule has 0 spiro atoms. The molecule has 3 heterocycles. The van der Waals surface area contributed by atoms with E-state index in [0.29, 0.717) is 56.0 Å². The lowest BCUT2D eigenvalue weighted by Crippen LogP contribution is -2.36. The molecule has 1 fully saturated rings. The second-order valence-corrected chi connectivity index (χ2v) is 10.0. The van der Waals surface area contributed by atoms with Gasteiger partial charge in [0.1, 0.15) is 11.4 Å². The standard InChI is InChI=1S/C31H39N9O4/c1-2-11-33-29-26(21-36-31(39-29)34-14-10-23-8-12-32-13-9-23)30(43)38-25-6-3-5-24(20-25)37-28(42)22-35-27(41)7-4-15-40-16-18-44-19-17-40/h3-9,12-13,20-21H,2,10-11,14-19,22H2,1H3,(H,35,41)(H,37,42)(H,38,43)(H2,33,34,36,39)/b7-4+. The van der Waals surface area contributed by atoms with Crippen molar-refractivity contribution in [2.24, 2.45) is 0 Å². The average Bonchev–Trinajstić information content (AvgIpc) is 3.04. The van der Waals surface area contributed by atoms with E-state index >= 15 is 0 Å². The van der Waals surface area contributed by atoms with Gasteiger partial charge in [0.25, 0.3) is 5.91 Å². The van der Waals surface area contributed by atoms with Crippen LogP contribution in [0.1, 0.15) is 29.3 Å². The van der Waals surface area contributed by atoms with Crippen molar-refractivity contribution in [3.8, 4) is 0 Å². The summed E-state index contributed by atoms with van der Waals surface area (Å²) >= 11 is 0. The average molecular weight is 602 g/mol. The summed E-state index contributed by atoms with van der Waals surface area (Å²) < 4.78 is 5.31. The molecule has 13 nitrogen and oxygen atoms in total. The highest BCUT2D eigenvalue weighted by Crippen LogP contribution is 2.19. The number of carbonyl (C=O) groups excluding carboxylic acids is 3. The van der Waals surface area contributed by atoms with Gasteiger partial charge in [0.2, 0.25) is 17.8 Å². The van der Waals surface area contributed by atoms with Crippen LogP contribution in [0.4, 0.5) is 23.1 Å². The van der Waals surface area contributed by atoms with E-state index in [1.54, 1.807) is 42.7 Å². The second-order valence-electron chi connectivity index (χ2n) is 10.0. The molecule has 2 aromatic heterocycles. The maximum absolute atomic E-state index is 13.2. The molecule has 1 saturated heterocycles. The zero-order valence-electron chi connectivity index (χ0n) is 24.8. The molecule has 1 aliphatic heterocycles. The number of aromatic nitrogens is 3. The number of benzene rings is 1. The Morgan fingerprint density at radius 2 is 1.77 bits per heavy atom. The molecular weight excluding hydrogens is 562 g/mol. The summed E-state index contributed by atoms with van der Waals surface area (Å²) in [6.07, 6.45) is 9.82. The predicted molar refractivity (Wildman–Crippen MR) is 170 cm³/mol. The summed E-state index contributed by atoms with van der Waals surface area (Å²) in [6, 6.07) is 10.7. The van der Waals surface area contributed by atoms with Gasteiger partial charge in [-0.1, -0.05) is 19.1 Å². The van der Waals surface area contributed by atoms with E-state index in [1.807, 2.05) is 19.1 Å². The van der Waals surface area contributed by atoms with Crippen molar-refractivity contribution in [1.82, 2.24) is 25.2 Å². The first-order valence-corrected chi connectivity index (χ1v) is 14.7. The fourth-order valence-corrected chi connectivity index (χ4v) is 4.28. The van der Waals surface area contributed by atoms with Gasteiger partial charge in [0.15, 0.2) is 0 Å². The molecule has 1 aliphatic rings. The number of hydrogen-bond donors (Lipinski definition) is 5. The smallest absolute Gasteiger partial charge is 0.260 e. The number of nitrogens with one attached hydrogen (secondary N) is 5. The number of rotatable bonds is 15.